The van der Waals surface area contributed by atoms with Crippen molar-refractivity contribution >= 4 is 17.6 Å². The highest BCUT2D eigenvalue weighted by Gasteiger charge is 2.00. The molecule has 0 aliphatic rings. The van der Waals surface area contributed by atoms with Crippen LogP contribution >= 0.6 is 11.8 Å². The summed E-state index contributed by atoms with van der Waals surface area (Å²) in [5, 5.41) is 4.04. The second-order valence-electron chi connectivity index (χ2n) is 3.91. The van der Waals surface area contributed by atoms with E-state index in [1.165, 1.54) is 0 Å². The van der Waals surface area contributed by atoms with Gasteiger partial charge >= 0.3 is 0 Å². The number of hydrogen-bond acceptors (Lipinski definition) is 4. The molecule has 1 atom stereocenters. The minimum Gasteiger partial charge on any atom is -0.370 e. The average molecular weight is 239 g/mol. The van der Waals surface area contributed by atoms with Gasteiger partial charge in [0.05, 0.1) is 0 Å². The number of hydrogen-bond donors (Lipinski definition) is 1. The van der Waals surface area contributed by atoms with Crippen LogP contribution in [0.1, 0.15) is 32.4 Å². The Morgan fingerprint density at radius 1 is 1.44 bits per heavy atom. The Kier molecular flexibility index (Phi) is 6.23. The first-order valence-corrected chi connectivity index (χ1v) is 7.12. The van der Waals surface area contributed by atoms with Crippen molar-refractivity contribution in [2.75, 3.05) is 18.1 Å². The molecular formula is C12H21N3S. The maximum atomic E-state index is 4.23. The summed E-state index contributed by atoms with van der Waals surface area (Å²) in [6.07, 6.45) is 7.10. The number of nitrogens with one attached hydrogen (secondary N) is 1. The summed E-state index contributed by atoms with van der Waals surface area (Å²) < 4.78 is 0. The van der Waals surface area contributed by atoms with Crippen LogP contribution in [0.25, 0.3) is 0 Å². The van der Waals surface area contributed by atoms with Crippen LogP contribution in [0, 0.1) is 0 Å². The fourth-order valence-electron chi connectivity index (χ4n) is 1.41. The molecule has 0 saturated heterocycles. The van der Waals surface area contributed by atoms with Gasteiger partial charge in [0.2, 0.25) is 0 Å². The predicted molar refractivity (Wildman–Crippen MR) is 72.1 cm³/mol. The quantitative estimate of drug-likeness (QED) is 0.794. The van der Waals surface area contributed by atoms with Gasteiger partial charge in [-0.25, -0.2) is 9.97 Å². The molecule has 0 amide bonds. The van der Waals surface area contributed by atoms with E-state index in [-0.39, 0.29) is 0 Å². The van der Waals surface area contributed by atoms with E-state index in [0.717, 1.165) is 37.3 Å². The molecule has 0 aliphatic heterocycles. The van der Waals surface area contributed by atoms with Crippen LogP contribution in [0.4, 0.5) is 5.82 Å². The summed E-state index contributed by atoms with van der Waals surface area (Å²) in [6.45, 7) is 5.38. The third-order valence-corrected chi connectivity index (χ3v) is 3.53. The van der Waals surface area contributed by atoms with Crippen LogP contribution in [-0.4, -0.2) is 28.0 Å². The van der Waals surface area contributed by atoms with Gasteiger partial charge in [0.15, 0.2) is 0 Å². The monoisotopic (exact) mass is 239 g/mol. The zero-order chi connectivity index (χ0) is 11.8. The normalized spacial score (nSPS) is 12.4. The summed E-state index contributed by atoms with van der Waals surface area (Å²) in [5.41, 5.74) is 1.12. The number of aryl methyl sites for hydroxylation is 1. The van der Waals surface area contributed by atoms with Crippen LogP contribution in [-0.2, 0) is 6.42 Å². The van der Waals surface area contributed by atoms with Crippen LogP contribution in [0.5, 0.6) is 0 Å². The first kappa shape index (κ1) is 13.3. The molecule has 0 aliphatic carbocycles. The van der Waals surface area contributed by atoms with Gasteiger partial charge in [-0.15, -0.1) is 0 Å². The molecule has 0 spiro atoms. The zero-order valence-corrected chi connectivity index (χ0v) is 11.2. The highest BCUT2D eigenvalue weighted by Crippen LogP contribution is 2.10. The van der Waals surface area contributed by atoms with Crippen LogP contribution < -0.4 is 5.32 Å². The number of nitrogens with zero attached hydrogens (tertiary/aromatic N) is 2. The van der Waals surface area contributed by atoms with Crippen LogP contribution in [0.15, 0.2) is 12.4 Å². The molecule has 4 heteroatoms. The van der Waals surface area contributed by atoms with E-state index in [0.29, 0.717) is 5.25 Å². The Hall–Kier alpha value is -0.770. The van der Waals surface area contributed by atoms with E-state index in [9.17, 15) is 0 Å². The fourth-order valence-corrected chi connectivity index (χ4v) is 1.76. The Labute approximate surface area is 102 Å². The van der Waals surface area contributed by atoms with Crippen molar-refractivity contribution in [3.05, 3.63) is 18.1 Å². The molecule has 1 aromatic rings. The van der Waals surface area contributed by atoms with E-state index in [2.05, 4.69) is 35.4 Å². The van der Waals surface area contributed by atoms with Crippen molar-refractivity contribution in [1.29, 1.82) is 0 Å². The predicted octanol–water partition coefficient (Wildman–Crippen LogP) is 2.98. The highest BCUT2D eigenvalue weighted by molar-refractivity contribution is 7.99. The molecule has 1 heterocycles. The van der Waals surface area contributed by atoms with Crippen molar-refractivity contribution in [3.63, 3.8) is 0 Å². The minimum absolute atomic E-state index is 0.699. The van der Waals surface area contributed by atoms with Crippen molar-refractivity contribution in [1.82, 2.24) is 9.97 Å². The molecule has 16 heavy (non-hydrogen) atoms. The summed E-state index contributed by atoms with van der Waals surface area (Å²) in [7, 11) is 0. The van der Waals surface area contributed by atoms with Crippen molar-refractivity contribution in [3.8, 4) is 0 Å². The topological polar surface area (TPSA) is 37.8 Å². The van der Waals surface area contributed by atoms with Gasteiger partial charge in [-0.05, 0) is 19.1 Å². The van der Waals surface area contributed by atoms with E-state index >= 15 is 0 Å². The van der Waals surface area contributed by atoms with Gasteiger partial charge < -0.3 is 5.32 Å². The van der Waals surface area contributed by atoms with E-state index in [1.54, 1.807) is 6.33 Å². The van der Waals surface area contributed by atoms with E-state index < -0.39 is 0 Å². The SMILES string of the molecule is CCCc1cc(NCCC(C)SC)ncn1. The molecule has 90 valence electrons. The standard InChI is InChI=1S/C12H21N3S/c1-4-5-11-8-12(15-9-14-11)13-7-6-10(2)16-3/h8-10H,4-7H2,1-3H3,(H,13,14,15). The van der Waals surface area contributed by atoms with Gasteiger partial charge in [-0.3, -0.25) is 0 Å². The van der Waals surface area contributed by atoms with Crippen molar-refractivity contribution in [2.24, 2.45) is 0 Å². The number of rotatable bonds is 7. The van der Waals surface area contributed by atoms with Gasteiger partial charge in [0.25, 0.3) is 0 Å². The summed E-state index contributed by atoms with van der Waals surface area (Å²) in [5.74, 6) is 0.951. The maximum absolute atomic E-state index is 4.23. The van der Waals surface area contributed by atoms with Gasteiger partial charge in [0.1, 0.15) is 12.1 Å². The maximum Gasteiger partial charge on any atom is 0.129 e. The summed E-state index contributed by atoms with van der Waals surface area (Å²) >= 11 is 1.90. The molecule has 1 unspecified atom stereocenters. The molecule has 1 N–H and O–H groups in total. The van der Waals surface area contributed by atoms with Gasteiger partial charge in [0, 0.05) is 23.6 Å². The lowest BCUT2D eigenvalue weighted by Crippen LogP contribution is -2.09. The second-order valence-corrected chi connectivity index (χ2v) is 5.18. The fraction of sp³-hybridized carbons (Fsp3) is 0.667. The largest absolute Gasteiger partial charge is 0.370 e. The first-order valence-electron chi connectivity index (χ1n) is 5.83. The molecule has 3 nitrogen and oxygen atoms in total. The third kappa shape index (κ3) is 4.84. The Bertz CT molecular complexity index is 304. The lowest BCUT2D eigenvalue weighted by Gasteiger charge is -2.09. The highest BCUT2D eigenvalue weighted by atomic mass is 32.2. The molecule has 0 fully saturated rings. The summed E-state index contributed by atoms with van der Waals surface area (Å²) in [6, 6.07) is 2.05. The Morgan fingerprint density at radius 3 is 2.94 bits per heavy atom. The lowest BCUT2D eigenvalue weighted by atomic mass is 10.2. The van der Waals surface area contributed by atoms with Crippen molar-refractivity contribution in [2.45, 2.75) is 38.4 Å². The third-order valence-electron chi connectivity index (χ3n) is 2.49. The number of anilines is 1. The van der Waals surface area contributed by atoms with Gasteiger partial charge in [-0.2, -0.15) is 11.8 Å². The van der Waals surface area contributed by atoms with Crippen molar-refractivity contribution < 1.29 is 0 Å². The Morgan fingerprint density at radius 2 is 2.25 bits per heavy atom. The van der Waals surface area contributed by atoms with E-state index in [4.69, 9.17) is 0 Å². The first-order chi connectivity index (χ1) is 7.76. The smallest absolute Gasteiger partial charge is 0.129 e. The summed E-state index contributed by atoms with van der Waals surface area (Å²) in [4.78, 5) is 8.45. The van der Waals surface area contributed by atoms with E-state index in [1.807, 2.05) is 17.8 Å². The molecule has 0 aromatic carbocycles. The molecule has 1 rings (SSSR count). The molecule has 0 saturated carbocycles. The second kappa shape index (κ2) is 7.49. The zero-order valence-electron chi connectivity index (χ0n) is 10.4. The molecule has 1 aromatic heterocycles. The molecule has 0 bridgehead atoms. The molecular weight excluding hydrogens is 218 g/mol. The number of aromatic nitrogens is 2. The minimum atomic E-state index is 0.699. The Balaban J connectivity index is 2.38. The molecule has 0 radical (unpaired) electrons. The van der Waals surface area contributed by atoms with Gasteiger partial charge in [-0.1, -0.05) is 20.3 Å². The van der Waals surface area contributed by atoms with Crippen LogP contribution in [0.3, 0.4) is 0 Å². The average Bonchev–Trinajstić information content (AvgIpc) is 2.30. The van der Waals surface area contributed by atoms with Crippen LogP contribution in [0.2, 0.25) is 0 Å². The lowest BCUT2D eigenvalue weighted by molar-refractivity contribution is 0.841. The number of thioether (sulfide) groups is 1.